The Bertz CT molecular complexity index is 597. The molecule has 1 rings (SSSR count). The van der Waals surface area contributed by atoms with Crippen LogP contribution in [0.25, 0.3) is 0 Å². The summed E-state index contributed by atoms with van der Waals surface area (Å²) < 4.78 is 10.7. The van der Waals surface area contributed by atoms with Crippen molar-refractivity contribution >= 4 is 28.9 Å². The maximum Gasteiger partial charge on any atom is 0.313 e. The maximum absolute atomic E-state index is 11.9. The quantitative estimate of drug-likeness (QED) is 0.490. The highest BCUT2D eigenvalue weighted by Gasteiger charge is 2.19. The average molecular weight is 446 g/mol. The normalized spacial score (nSPS) is 12.5. The van der Waals surface area contributed by atoms with Gasteiger partial charge in [-0.05, 0) is 38.5 Å². The first-order valence-corrected chi connectivity index (χ1v) is 8.90. The lowest BCUT2D eigenvalue weighted by molar-refractivity contribution is -0.138. The van der Waals surface area contributed by atoms with Crippen LogP contribution in [0.3, 0.4) is 0 Å². The van der Waals surface area contributed by atoms with Crippen molar-refractivity contribution in [2.24, 2.45) is 11.8 Å². The van der Waals surface area contributed by atoms with Crippen LogP contribution in [0, 0.1) is 11.8 Å². The largest absolute Gasteiger partial charge is 0.426 e. The molecule has 154 valence electrons. The van der Waals surface area contributed by atoms with Crippen LogP contribution in [0.2, 0.25) is 0 Å². The molecule has 0 bridgehead atoms. The zero-order valence-electron chi connectivity index (χ0n) is 17.2. The van der Waals surface area contributed by atoms with Gasteiger partial charge in [-0.2, -0.15) is 0 Å². The molecule has 0 spiro atoms. The minimum absolute atomic E-state index is 0. The van der Waals surface area contributed by atoms with E-state index in [0.29, 0.717) is 12.1 Å². The van der Waals surface area contributed by atoms with Gasteiger partial charge < -0.3 is 19.9 Å². The van der Waals surface area contributed by atoms with Crippen molar-refractivity contribution < 1.29 is 24.2 Å². The Morgan fingerprint density at radius 2 is 1.37 bits per heavy atom. The molecule has 0 heterocycles. The molecule has 1 atom stereocenters. The summed E-state index contributed by atoms with van der Waals surface area (Å²) in [5, 5.41) is 13.7. The minimum Gasteiger partial charge on any atom is -0.426 e. The number of aliphatic hydroxyl groups is 1. The predicted octanol–water partition coefficient (Wildman–Crippen LogP) is 3.81. The fraction of sp³-hybridized carbons (Fsp3) is 0.600. The van der Waals surface area contributed by atoms with E-state index in [1.807, 2.05) is 20.8 Å². The highest BCUT2D eigenvalue weighted by Crippen LogP contribution is 2.28. The Balaban J connectivity index is 0.00000676. The van der Waals surface area contributed by atoms with E-state index in [4.69, 9.17) is 9.47 Å². The van der Waals surface area contributed by atoms with Crippen LogP contribution in [0.15, 0.2) is 18.2 Å². The number of halogens is 1. The second kappa shape index (κ2) is 10.8. The summed E-state index contributed by atoms with van der Waals surface area (Å²) in [5.41, 5.74) is 0.345. The second-order valence-corrected chi connectivity index (χ2v) is 8.04. The van der Waals surface area contributed by atoms with E-state index >= 15 is 0 Å². The van der Waals surface area contributed by atoms with Crippen LogP contribution >= 0.6 is 17.0 Å². The summed E-state index contributed by atoms with van der Waals surface area (Å²) >= 11 is 0. The Morgan fingerprint density at radius 3 is 1.70 bits per heavy atom. The highest BCUT2D eigenvalue weighted by atomic mass is 79.9. The lowest BCUT2D eigenvalue weighted by Crippen LogP contribution is -2.38. The average Bonchev–Trinajstić information content (AvgIpc) is 2.51. The van der Waals surface area contributed by atoms with Crippen molar-refractivity contribution in [3.63, 3.8) is 0 Å². The number of benzene rings is 1. The predicted molar refractivity (Wildman–Crippen MR) is 110 cm³/mol. The van der Waals surface area contributed by atoms with Gasteiger partial charge in [-0.3, -0.25) is 9.59 Å². The first kappa shape index (κ1) is 25.6. The third-order valence-electron chi connectivity index (χ3n) is 3.49. The van der Waals surface area contributed by atoms with Crippen molar-refractivity contribution in [2.75, 3.05) is 6.54 Å². The molecule has 0 saturated carbocycles. The van der Waals surface area contributed by atoms with Gasteiger partial charge in [0, 0.05) is 18.2 Å². The number of carbonyl (C=O) groups excluding carboxylic acids is 2. The van der Waals surface area contributed by atoms with Crippen molar-refractivity contribution in [1.82, 2.24) is 5.32 Å². The molecule has 1 aromatic carbocycles. The molecule has 1 aromatic rings. The Kier molecular flexibility index (Phi) is 10.2. The topological polar surface area (TPSA) is 84.9 Å². The zero-order valence-corrected chi connectivity index (χ0v) is 18.9. The number of β-amino-alcohol motifs (C(OH)–C–C–N with tert-alkyl or cyclic N) is 1. The fourth-order valence-corrected chi connectivity index (χ4v) is 1.89. The molecule has 7 heteroatoms. The number of hydrogen-bond acceptors (Lipinski definition) is 6. The van der Waals surface area contributed by atoms with Crippen LogP contribution in [0.4, 0.5) is 0 Å². The van der Waals surface area contributed by atoms with Crippen molar-refractivity contribution in [3.05, 3.63) is 23.8 Å². The minimum atomic E-state index is -0.844. The van der Waals surface area contributed by atoms with Crippen LogP contribution in [0.1, 0.15) is 60.1 Å². The van der Waals surface area contributed by atoms with Gasteiger partial charge in [0.05, 0.1) is 17.9 Å². The van der Waals surface area contributed by atoms with Crippen molar-refractivity contribution in [2.45, 2.75) is 60.1 Å². The zero-order chi connectivity index (χ0) is 20.1. The van der Waals surface area contributed by atoms with Crippen LogP contribution in [-0.2, 0) is 9.59 Å². The molecular weight excluding hydrogens is 414 g/mol. The lowest BCUT2D eigenvalue weighted by Gasteiger charge is -2.23. The van der Waals surface area contributed by atoms with E-state index in [1.54, 1.807) is 39.8 Å². The molecule has 0 fully saturated rings. The van der Waals surface area contributed by atoms with E-state index in [0.717, 1.165) is 0 Å². The van der Waals surface area contributed by atoms with Crippen molar-refractivity contribution in [3.8, 4) is 11.5 Å². The van der Waals surface area contributed by atoms with E-state index in [9.17, 15) is 14.7 Å². The van der Waals surface area contributed by atoms with Gasteiger partial charge in [-0.15, -0.1) is 17.0 Å². The van der Waals surface area contributed by atoms with Crippen molar-refractivity contribution in [1.29, 1.82) is 0 Å². The summed E-state index contributed by atoms with van der Waals surface area (Å²) in [7, 11) is 0. The van der Waals surface area contributed by atoms with Gasteiger partial charge in [0.25, 0.3) is 0 Å². The van der Waals surface area contributed by atoms with Crippen LogP contribution < -0.4 is 14.8 Å². The van der Waals surface area contributed by atoms with E-state index < -0.39 is 18.0 Å². The Labute approximate surface area is 172 Å². The SMILES string of the molecule is Br.CC(C)C(=O)Oc1cc(OC(=O)C(C)C)cc(C(O)CNC(C)(C)C)c1. The third kappa shape index (κ3) is 9.35. The molecule has 0 aromatic heterocycles. The summed E-state index contributed by atoms with van der Waals surface area (Å²) in [5.74, 6) is -0.915. The molecule has 2 N–H and O–H groups in total. The molecule has 0 saturated heterocycles. The van der Waals surface area contributed by atoms with Gasteiger partial charge in [0.1, 0.15) is 11.5 Å². The number of carbonyl (C=O) groups is 2. The molecular formula is C20H32BrNO5. The third-order valence-corrected chi connectivity index (χ3v) is 3.49. The Hall–Kier alpha value is -1.44. The fourth-order valence-electron chi connectivity index (χ4n) is 1.89. The number of ether oxygens (including phenoxy) is 2. The molecule has 27 heavy (non-hydrogen) atoms. The summed E-state index contributed by atoms with van der Waals surface area (Å²) in [6, 6.07) is 4.65. The number of rotatable bonds is 7. The second-order valence-electron chi connectivity index (χ2n) is 8.04. The monoisotopic (exact) mass is 445 g/mol. The Morgan fingerprint density at radius 1 is 0.963 bits per heavy atom. The molecule has 0 amide bonds. The molecule has 0 aliphatic carbocycles. The molecule has 6 nitrogen and oxygen atoms in total. The summed E-state index contributed by atoms with van der Waals surface area (Å²) in [4.78, 5) is 23.8. The van der Waals surface area contributed by atoms with Gasteiger partial charge in [-0.1, -0.05) is 27.7 Å². The van der Waals surface area contributed by atoms with E-state index in [-0.39, 0.29) is 45.9 Å². The van der Waals surface area contributed by atoms with E-state index in [1.165, 1.54) is 6.07 Å². The van der Waals surface area contributed by atoms with Gasteiger partial charge >= 0.3 is 11.9 Å². The van der Waals surface area contributed by atoms with Crippen LogP contribution in [-0.4, -0.2) is 29.1 Å². The van der Waals surface area contributed by atoms with Gasteiger partial charge in [0.2, 0.25) is 0 Å². The van der Waals surface area contributed by atoms with Gasteiger partial charge in [-0.25, -0.2) is 0 Å². The summed E-state index contributed by atoms with van der Waals surface area (Å²) in [6.07, 6.45) is -0.844. The van der Waals surface area contributed by atoms with Crippen LogP contribution in [0.5, 0.6) is 11.5 Å². The molecule has 0 aliphatic heterocycles. The van der Waals surface area contributed by atoms with E-state index in [2.05, 4.69) is 5.32 Å². The number of esters is 2. The first-order chi connectivity index (χ1) is 11.9. The van der Waals surface area contributed by atoms with Gasteiger partial charge in [0.15, 0.2) is 0 Å². The number of nitrogens with one attached hydrogen (secondary N) is 1. The molecule has 0 aliphatic rings. The maximum atomic E-state index is 11.9. The smallest absolute Gasteiger partial charge is 0.313 e. The number of aliphatic hydroxyl groups excluding tert-OH is 1. The first-order valence-electron chi connectivity index (χ1n) is 8.90. The summed E-state index contributed by atoms with van der Waals surface area (Å²) in [6.45, 7) is 13.2. The standard InChI is InChI=1S/C20H31NO5.BrH/c1-12(2)18(23)25-15-8-14(17(22)11-21-20(5,6)7)9-16(10-15)26-19(24)13(3)4;/h8-10,12-13,17,21-22H,11H2,1-7H3;1H. The molecule has 0 radical (unpaired) electrons. The lowest BCUT2D eigenvalue weighted by atomic mass is 10.1. The highest BCUT2D eigenvalue weighted by molar-refractivity contribution is 8.93. The molecule has 1 unspecified atom stereocenters. The number of hydrogen-bond donors (Lipinski definition) is 2.